The van der Waals surface area contributed by atoms with Gasteiger partial charge in [0.15, 0.2) is 0 Å². The van der Waals surface area contributed by atoms with Crippen LogP contribution >= 0.6 is 0 Å². The molecule has 1 aliphatic rings. The minimum absolute atomic E-state index is 0.483. The van der Waals surface area contributed by atoms with Gasteiger partial charge in [-0.05, 0) is 39.4 Å². The van der Waals surface area contributed by atoms with Crippen LogP contribution in [0.15, 0.2) is 0 Å². The second-order valence-corrected chi connectivity index (χ2v) is 5.23. The molecular weight excluding hydrogens is 245 g/mol. The largest absolute Gasteiger partial charge is 0.408 e. The summed E-state index contributed by atoms with van der Waals surface area (Å²) in [5.74, 6) is -0.483. The van der Waals surface area contributed by atoms with Gasteiger partial charge in [-0.3, -0.25) is 4.79 Å². The highest BCUT2D eigenvalue weighted by atomic mass is 19.4. The lowest BCUT2D eigenvalue weighted by Gasteiger charge is -2.38. The van der Waals surface area contributed by atoms with Crippen molar-refractivity contribution < 1.29 is 18.0 Å². The smallest absolute Gasteiger partial charge is 0.344 e. The fourth-order valence-corrected chi connectivity index (χ4v) is 2.04. The number of nitrogens with one attached hydrogen (secondary N) is 1. The van der Waals surface area contributed by atoms with E-state index in [1.807, 2.05) is 6.92 Å². The second kappa shape index (κ2) is 5.47. The van der Waals surface area contributed by atoms with Crippen molar-refractivity contribution in [3.05, 3.63) is 0 Å². The summed E-state index contributed by atoms with van der Waals surface area (Å²) < 4.78 is 37.2. The molecule has 0 aromatic carbocycles. The average Bonchev–Trinajstić information content (AvgIpc) is 2.28. The number of hydrogen-bond acceptors (Lipinski definition) is 2. The molecule has 1 fully saturated rings. The first kappa shape index (κ1) is 15.3. The zero-order valence-corrected chi connectivity index (χ0v) is 11.1. The van der Waals surface area contributed by atoms with Gasteiger partial charge in [0.1, 0.15) is 6.04 Å². The summed E-state index contributed by atoms with van der Waals surface area (Å²) in [5, 5.41) is 2.08. The molecular formula is C12H21F3N2O. The van der Waals surface area contributed by atoms with Crippen LogP contribution in [0.2, 0.25) is 0 Å². The second-order valence-electron chi connectivity index (χ2n) is 5.23. The zero-order chi connectivity index (χ0) is 14.0. The summed E-state index contributed by atoms with van der Waals surface area (Å²) in [6.07, 6.45) is -3.16. The Kier molecular flexibility index (Phi) is 4.64. The van der Waals surface area contributed by atoms with E-state index >= 15 is 0 Å². The van der Waals surface area contributed by atoms with Crippen LogP contribution in [-0.2, 0) is 4.79 Å². The monoisotopic (exact) mass is 266 g/mol. The number of nitrogens with zero attached hydrogens (tertiary/aromatic N) is 1. The SMILES string of the molecule is CCN1CCC(C)(C(=O)NC(C)C(F)(F)F)CC1. The fraction of sp³-hybridized carbons (Fsp3) is 0.917. The van der Waals surface area contributed by atoms with Crippen molar-refractivity contribution in [3.63, 3.8) is 0 Å². The van der Waals surface area contributed by atoms with Gasteiger partial charge in [-0.1, -0.05) is 13.8 Å². The van der Waals surface area contributed by atoms with Crippen LogP contribution < -0.4 is 5.32 Å². The molecule has 0 aromatic heterocycles. The van der Waals surface area contributed by atoms with E-state index in [1.165, 1.54) is 0 Å². The summed E-state index contributed by atoms with van der Waals surface area (Å²) in [6, 6.07) is -1.79. The maximum Gasteiger partial charge on any atom is 0.408 e. The third-order valence-electron chi connectivity index (χ3n) is 3.79. The van der Waals surface area contributed by atoms with Gasteiger partial charge in [0.25, 0.3) is 0 Å². The first-order valence-corrected chi connectivity index (χ1v) is 6.29. The topological polar surface area (TPSA) is 32.3 Å². The molecule has 1 unspecified atom stereocenters. The standard InChI is InChI=1S/C12H21F3N2O/c1-4-17-7-5-11(3,6-8-17)10(18)16-9(2)12(13,14)15/h9H,4-8H2,1-3H3,(H,16,18). The number of likely N-dealkylation sites (tertiary alicyclic amines) is 1. The number of carbonyl (C=O) groups is 1. The summed E-state index contributed by atoms with van der Waals surface area (Å²) >= 11 is 0. The number of halogens is 3. The molecule has 1 amide bonds. The molecule has 6 heteroatoms. The molecule has 1 saturated heterocycles. The Morgan fingerprint density at radius 3 is 2.28 bits per heavy atom. The van der Waals surface area contributed by atoms with E-state index in [0.717, 1.165) is 26.6 Å². The van der Waals surface area contributed by atoms with Crippen LogP contribution in [0.5, 0.6) is 0 Å². The van der Waals surface area contributed by atoms with E-state index in [0.29, 0.717) is 12.8 Å². The molecule has 0 saturated carbocycles. The van der Waals surface area contributed by atoms with Crippen LogP contribution in [0.25, 0.3) is 0 Å². The Balaban J connectivity index is 2.56. The summed E-state index contributed by atoms with van der Waals surface area (Å²) in [6.45, 7) is 7.20. The van der Waals surface area contributed by atoms with Gasteiger partial charge < -0.3 is 10.2 Å². The first-order valence-electron chi connectivity index (χ1n) is 6.29. The van der Waals surface area contributed by atoms with Crippen molar-refractivity contribution in [2.75, 3.05) is 19.6 Å². The number of rotatable bonds is 3. The van der Waals surface area contributed by atoms with Crippen molar-refractivity contribution in [1.82, 2.24) is 10.2 Å². The van der Waals surface area contributed by atoms with E-state index in [4.69, 9.17) is 0 Å². The Bertz CT molecular complexity index is 296. The van der Waals surface area contributed by atoms with Crippen LogP contribution in [0.3, 0.4) is 0 Å². The van der Waals surface area contributed by atoms with E-state index in [1.54, 1.807) is 6.92 Å². The highest BCUT2D eigenvalue weighted by molar-refractivity contribution is 5.82. The van der Waals surface area contributed by atoms with E-state index in [-0.39, 0.29) is 0 Å². The highest BCUT2D eigenvalue weighted by Gasteiger charge is 2.42. The Morgan fingerprint density at radius 2 is 1.89 bits per heavy atom. The molecule has 3 nitrogen and oxygen atoms in total. The summed E-state index contributed by atoms with van der Waals surface area (Å²) in [7, 11) is 0. The molecule has 1 atom stereocenters. The van der Waals surface area contributed by atoms with Crippen molar-refractivity contribution in [3.8, 4) is 0 Å². The van der Waals surface area contributed by atoms with Gasteiger partial charge in [-0.2, -0.15) is 13.2 Å². The van der Waals surface area contributed by atoms with Crippen LogP contribution in [-0.4, -0.2) is 42.7 Å². The van der Waals surface area contributed by atoms with Crippen LogP contribution in [0, 0.1) is 5.41 Å². The van der Waals surface area contributed by atoms with Crippen molar-refractivity contribution in [1.29, 1.82) is 0 Å². The van der Waals surface area contributed by atoms with E-state index in [9.17, 15) is 18.0 Å². The first-order chi connectivity index (χ1) is 8.19. The molecule has 0 radical (unpaired) electrons. The predicted molar refractivity (Wildman–Crippen MR) is 63.1 cm³/mol. The summed E-state index contributed by atoms with van der Waals surface area (Å²) in [5.41, 5.74) is -0.675. The Morgan fingerprint density at radius 1 is 1.39 bits per heavy atom. The number of alkyl halides is 3. The normalized spacial score (nSPS) is 22.6. The van der Waals surface area contributed by atoms with Gasteiger partial charge in [0.05, 0.1) is 0 Å². The molecule has 18 heavy (non-hydrogen) atoms. The number of piperidine rings is 1. The van der Waals surface area contributed by atoms with Crippen molar-refractivity contribution in [2.24, 2.45) is 5.41 Å². The molecule has 1 N–H and O–H groups in total. The lowest BCUT2D eigenvalue weighted by molar-refractivity contribution is -0.162. The molecule has 106 valence electrons. The maximum absolute atomic E-state index is 12.4. The lowest BCUT2D eigenvalue weighted by atomic mass is 9.79. The van der Waals surface area contributed by atoms with Gasteiger partial charge in [0, 0.05) is 5.41 Å². The molecule has 1 rings (SSSR count). The van der Waals surface area contributed by atoms with Crippen LogP contribution in [0.4, 0.5) is 13.2 Å². The maximum atomic E-state index is 12.4. The molecule has 0 spiro atoms. The zero-order valence-electron chi connectivity index (χ0n) is 11.1. The Labute approximate surface area is 106 Å². The van der Waals surface area contributed by atoms with Gasteiger partial charge >= 0.3 is 6.18 Å². The van der Waals surface area contributed by atoms with E-state index < -0.39 is 23.5 Å². The molecule has 0 bridgehead atoms. The number of carbonyl (C=O) groups excluding carboxylic acids is 1. The highest BCUT2D eigenvalue weighted by Crippen LogP contribution is 2.32. The molecule has 1 aliphatic heterocycles. The quantitative estimate of drug-likeness (QED) is 0.849. The lowest BCUT2D eigenvalue weighted by Crippen LogP contribution is -2.52. The minimum Gasteiger partial charge on any atom is -0.344 e. The predicted octanol–water partition coefficient (Wildman–Crippen LogP) is 2.18. The van der Waals surface area contributed by atoms with Gasteiger partial charge in [-0.25, -0.2) is 0 Å². The average molecular weight is 266 g/mol. The van der Waals surface area contributed by atoms with E-state index in [2.05, 4.69) is 10.2 Å². The molecule has 0 aromatic rings. The van der Waals surface area contributed by atoms with Gasteiger partial charge in [-0.15, -0.1) is 0 Å². The fourth-order valence-electron chi connectivity index (χ4n) is 2.04. The number of hydrogen-bond donors (Lipinski definition) is 1. The van der Waals surface area contributed by atoms with Crippen molar-refractivity contribution >= 4 is 5.91 Å². The van der Waals surface area contributed by atoms with Crippen molar-refractivity contribution in [2.45, 2.75) is 45.8 Å². The number of amides is 1. The minimum atomic E-state index is -4.38. The summed E-state index contributed by atoms with van der Waals surface area (Å²) in [4.78, 5) is 14.1. The molecule has 0 aliphatic carbocycles. The molecule has 1 heterocycles. The van der Waals surface area contributed by atoms with Crippen LogP contribution in [0.1, 0.15) is 33.6 Å². The third-order valence-corrected chi connectivity index (χ3v) is 3.79. The van der Waals surface area contributed by atoms with Gasteiger partial charge in [0.2, 0.25) is 5.91 Å². The third kappa shape index (κ3) is 3.60. The Hall–Kier alpha value is -0.780.